The summed E-state index contributed by atoms with van der Waals surface area (Å²) < 4.78 is 36.7. The van der Waals surface area contributed by atoms with Crippen LogP contribution in [0, 0.1) is 0 Å². The van der Waals surface area contributed by atoms with Crippen molar-refractivity contribution in [2.45, 2.75) is 124 Å². The summed E-state index contributed by atoms with van der Waals surface area (Å²) in [7, 11) is 0. The van der Waals surface area contributed by atoms with Gasteiger partial charge in [0.25, 0.3) is 0 Å². The second kappa shape index (κ2) is 16.7. The predicted octanol–water partition coefficient (Wildman–Crippen LogP) is 5.85. The van der Waals surface area contributed by atoms with E-state index in [0.717, 1.165) is 0 Å². The van der Waals surface area contributed by atoms with E-state index in [0.29, 0.717) is 24.8 Å². The number of carbonyl (C=O) groups is 4. The lowest BCUT2D eigenvalue weighted by molar-refractivity contribution is -0.156. The van der Waals surface area contributed by atoms with E-state index in [2.05, 4.69) is 0 Å². The molecule has 0 spiro atoms. The molecule has 2 N–H and O–H groups in total. The maximum Gasteiger partial charge on any atom is 0.514 e. The van der Waals surface area contributed by atoms with Crippen molar-refractivity contribution in [3.8, 4) is 11.5 Å². The molecule has 0 radical (unpaired) electrons. The fourth-order valence-electron chi connectivity index (χ4n) is 2.84. The van der Waals surface area contributed by atoms with Gasteiger partial charge in [0.1, 0.15) is 36.1 Å². The van der Waals surface area contributed by atoms with Crippen LogP contribution in [0.2, 0.25) is 0 Å². The Balaban J connectivity index is 2.93. The van der Waals surface area contributed by atoms with Gasteiger partial charge >= 0.3 is 24.4 Å². The van der Waals surface area contributed by atoms with Crippen LogP contribution < -0.4 is 15.2 Å². The standard InChI is InChI=1S/C29H45NO11/c1-10-17(4)35-26(32)39-23-14-13-21(16-24(23)40-27(33)36-18(5)11-2)15-22(30)25(31)37-19(6)20(7)38-28(34)41-29(8,9)12-3/h13-14,16-20,22H,10-12,15,30H2,1-9H3/t17?,18?,19-,20-,22-/m0/s1. The lowest BCUT2D eigenvalue weighted by Gasteiger charge is -2.26. The summed E-state index contributed by atoms with van der Waals surface area (Å²) in [6.45, 7) is 15.6. The van der Waals surface area contributed by atoms with Crippen LogP contribution in [0.1, 0.15) is 87.1 Å². The minimum Gasteiger partial charge on any atom is -0.458 e. The molecule has 0 saturated carbocycles. The normalized spacial score (nSPS) is 14.9. The maximum absolute atomic E-state index is 12.7. The molecule has 12 nitrogen and oxygen atoms in total. The van der Waals surface area contributed by atoms with Crippen molar-refractivity contribution >= 4 is 24.4 Å². The van der Waals surface area contributed by atoms with Gasteiger partial charge in [-0.2, -0.15) is 0 Å². The number of nitrogens with two attached hydrogens (primary N) is 1. The molecule has 0 bridgehead atoms. The maximum atomic E-state index is 12.7. The van der Waals surface area contributed by atoms with Gasteiger partial charge in [-0.1, -0.05) is 26.8 Å². The van der Waals surface area contributed by atoms with Gasteiger partial charge in [-0.3, -0.25) is 4.79 Å². The number of hydrogen-bond donors (Lipinski definition) is 1. The van der Waals surface area contributed by atoms with Crippen LogP contribution in [0.3, 0.4) is 0 Å². The molecule has 0 aliphatic rings. The topological polar surface area (TPSA) is 159 Å². The van der Waals surface area contributed by atoms with Crippen molar-refractivity contribution < 1.29 is 52.3 Å². The molecule has 0 heterocycles. The van der Waals surface area contributed by atoms with Gasteiger partial charge in [-0.25, -0.2) is 14.4 Å². The zero-order valence-electron chi connectivity index (χ0n) is 25.5. The van der Waals surface area contributed by atoms with E-state index >= 15 is 0 Å². The highest BCUT2D eigenvalue weighted by atomic mass is 16.8. The largest absolute Gasteiger partial charge is 0.514 e. The van der Waals surface area contributed by atoms with Crippen LogP contribution in [0.15, 0.2) is 18.2 Å². The van der Waals surface area contributed by atoms with E-state index in [4.69, 9.17) is 38.9 Å². The summed E-state index contributed by atoms with van der Waals surface area (Å²) in [6.07, 6.45) is -3.50. The van der Waals surface area contributed by atoms with E-state index in [1.807, 2.05) is 20.8 Å². The number of rotatable bonds is 14. The predicted molar refractivity (Wildman–Crippen MR) is 149 cm³/mol. The minimum atomic E-state index is -1.11. The average molecular weight is 584 g/mol. The second-order valence-corrected chi connectivity index (χ2v) is 10.4. The van der Waals surface area contributed by atoms with Gasteiger partial charge < -0.3 is 38.9 Å². The Labute approximate surface area is 242 Å². The highest BCUT2D eigenvalue weighted by molar-refractivity contribution is 5.76. The molecule has 12 heteroatoms. The number of ether oxygens (including phenoxy) is 7. The Morgan fingerprint density at radius 2 is 1.27 bits per heavy atom. The number of benzene rings is 1. The molecule has 0 aliphatic heterocycles. The number of esters is 1. The van der Waals surface area contributed by atoms with Crippen LogP contribution in [0.5, 0.6) is 11.5 Å². The SMILES string of the molecule is CCC(C)OC(=O)Oc1ccc(C[C@H](N)C(=O)O[C@@H](C)[C@H](C)OC(=O)OC(C)(C)CC)cc1OC(=O)OC(C)CC. The first-order chi connectivity index (χ1) is 19.1. The van der Waals surface area contributed by atoms with Crippen molar-refractivity contribution in [2.75, 3.05) is 0 Å². The lowest BCUT2D eigenvalue weighted by atomic mass is 10.1. The Morgan fingerprint density at radius 1 is 0.756 bits per heavy atom. The fraction of sp³-hybridized carbons (Fsp3) is 0.655. The summed E-state index contributed by atoms with van der Waals surface area (Å²) in [5.41, 5.74) is 5.86. The van der Waals surface area contributed by atoms with Gasteiger partial charge in [0.15, 0.2) is 11.5 Å². The quantitative estimate of drug-likeness (QED) is 0.158. The Kier molecular flexibility index (Phi) is 14.4. The molecule has 1 aromatic rings. The highest BCUT2D eigenvalue weighted by Crippen LogP contribution is 2.30. The smallest absolute Gasteiger partial charge is 0.458 e. The minimum absolute atomic E-state index is 0.0120. The molecule has 0 aliphatic carbocycles. The first-order valence-corrected chi connectivity index (χ1v) is 13.9. The molecule has 1 aromatic carbocycles. The van der Waals surface area contributed by atoms with Crippen LogP contribution in [0.4, 0.5) is 14.4 Å². The van der Waals surface area contributed by atoms with Crippen molar-refractivity contribution in [2.24, 2.45) is 5.73 Å². The zero-order chi connectivity index (χ0) is 31.3. The Morgan fingerprint density at radius 3 is 1.78 bits per heavy atom. The van der Waals surface area contributed by atoms with Crippen molar-refractivity contribution in [1.82, 2.24) is 0 Å². The van der Waals surface area contributed by atoms with Crippen LogP contribution in [0.25, 0.3) is 0 Å². The molecular formula is C29H45NO11. The van der Waals surface area contributed by atoms with Gasteiger partial charge in [0.2, 0.25) is 0 Å². The average Bonchev–Trinajstić information content (AvgIpc) is 2.89. The van der Waals surface area contributed by atoms with Gasteiger partial charge in [-0.15, -0.1) is 0 Å². The Bertz CT molecular complexity index is 1030. The molecule has 0 aromatic heterocycles. The third-order valence-electron chi connectivity index (χ3n) is 6.35. The first-order valence-electron chi connectivity index (χ1n) is 13.9. The molecule has 0 amide bonds. The van der Waals surface area contributed by atoms with E-state index < -0.39 is 54.4 Å². The molecule has 1 rings (SSSR count). The van der Waals surface area contributed by atoms with Crippen LogP contribution in [-0.2, 0) is 34.9 Å². The van der Waals surface area contributed by atoms with E-state index in [1.54, 1.807) is 47.6 Å². The zero-order valence-corrected chi connectivity index (χ0v) is 25.5. The summed E-state index contributed by atoms with van der Waals surface area (Å²) >= 11 is 0. The molecule has 41 heavy (non-hydrogen) atoms. The van der Waals surface area contributed by atoms with Crippen molar-refractivity contribution in [1.29, 1.82) is 0 Å². The third-order valence-corrected chi connectivity index (χ3v) is 6.35. The summed E-state index contributed by atoms with van der Waals surface area (Å²) in [5, 5.41) is 0. The first kappa shape index (κ1) is 35.5. The van der Waals surface area contributed by atoms with Crippen molar-refractivity contribution in [3.05, 3.63) is 23.8 Å². The summed E-state index contributed by atoms with van der Waals surface area (Å²) in [5.74, 6) is -0.954. The fourth-order valence-corrected chi connectivity index (χ4v) is 2.84. The molecule has 5 atom stereocenters. The van der Waals surface area contributed by atoms with Crippen molar-refractivity contribution in [3.63, 3.8) is 0 Å². The van der Waals surface area contributed by atoms with Crippen LogP contribution in [-0.4, -0.2) is 60.5 Å². The van der Waals surface area contributed by atoms with E-state index in [1.165, 1.54) is 12.1 Å². The van der Waals surface area contributed by atoms with Gasteiger partial charge in [0, 0.05) is 0 Å². The summed E-state index contributed by atoms with van der Waals surface area (Å²) in [6, 6.07) is 3.22. The van der Waals surface area contributed by atoms with Gasteiger partial charge in [0.05, 0.1) is 0 Å². The van der Waals surface area contributed by atoms with E-state index in [9.17, 15) is 19.2 Å². The number of carbonyl (C=O) groups excluding carboxylic acids is 4. The van der Waals surface area contributed by atoms with Gasteiger partial charge in [-0.05, 0) is 84.9 Å². The molecule has 2 unspecified atom stereocenters. The Hall–Kier alpha value is -3.54. The van der Waals surface area contributed by atoms with E-state index in [-0.39, 0.29) is 24.0 Å². The molecule has 0 saturated heterocycles. The van der Waals surface area contributed by atoms with Crippen LogP contribution >= 0.6 is 0 Å². The molecule has 0 fully saturated rings. The molecular weight excluding hydrogens is 538 g/mol. The number of hydrogen-bond acceptors (Lipinski definition) is 12. The molecule has 232 valence electrons. The summed E-state index contributed by atoms with van der Waals surface area (Å²) in [4.78, 5) is 49.2. The third kappa shape index (κ3) is 13.1. The monoisotopic (exact) mass is 583 g/mol. The highest BCUT2D eigenvalue weighted by Gasteiger charge is 2.28. The second-order valence-electron chi connectivity index (χ2n) is 10.4. The lowest BCUT2D eigenvalue weighted by Crippen LogP contribution is -2.40.